The summed E-state index contributed by atoms with van der Waals surface area (Å²) in [6.07, 6.45) is -4.78. The molecule has 2 aromatic rings. The molecule has 2 aromatic carbocycles. The van der Waals surface area contributed by atoms with E-state index in [4.69, 9.17) is 0 Å². The highest BCUT2D eigenvalue weighted by Gasteiger charge is 2.34. The van der Waals surface area contributed by atoms with Crippen molar-refractivity contribution < 1.29 is 27.1 Å². The van der Waals surface area contributed by atoms with Gasteiger partial charge >= 0.3 is 6.18 Å². The normalized spacial score (nSPS) is 11.6. The molecule has 0 aliphatic heterocycles. The summed E-state index contributed by atoms with van der Waals surface area (Å²) in [7, 11) is 0. The molecular formula is C13H7F5O. The van der Waals surface area contributed by atoms with Crippen molar-refractivity contribution in [2.75, 3.05) is 0 Å². The number of aromatic hydroxyl groups is 1. The molecule has 0 aromatic heterocycles. The Labute approximate surface area is 104 Å². The fourth-order valence-corrected chi connectivity index (χ4v) is 1.66. The summed E-state index contributed by atoms with van der Waals surface area (Å²) in [4.78, 5) is 0. The van der Waals surface area contributed by atoms with Gasteiger partial charge in [-0.15, -0.1) is 0 Å². The van der Waals surface area contributed by atoms with Crippen molar-refractivity contribution in [2.24, 2.45) is 0 Å². The van der Waals surface area contributed by atoms with Crippen molar-refractivity contribution in [1.29, 1.82) is 0 Å². The molecule has 0 aliphatic rings. The Bertz CT molecular complexity index is 619. The van der Waals surface area contributed by atoms with Gasteiger partial charge in [0, 0.05) is 11.6 Å². The van der Waals surface area contributed by atoms with Crippen molar-refractivity contribution in [3.8, 4) is 16.9 Å². The fraction of sp³-hybridized carbons (Fsp3) is 0.0769. The Morgan fingerprint density at radius 2 is 1.58 bits per heavy atom. The maximum Gasteiger partial charge on any atom is 0.419 e. The molecule has 0 atom stereocenters. The van der Waals surface area contributed by atoms with E-state index < -0.39 is 29.1 Å². The Kier molecular flexibility index (Phi) is 3.18. The average Bonchev–Trinajstić information content (AvgIpc) is 2.26. The molecule has 19 heavy (non-hydrogen) atoms. The number of alkyl halides is 3. The van der Waals surface area contributed by atoms with Gasteiger partial charge in [-0.25, -0.2) is 8.78 Å². The number of phenolic OH excluding ortho intramolecular Hbond substituents is 1. The van der Waals surface area contributed by atoms with Crippen LogP contribution in [0.15, 0.2) is 36.4 Å². The van der Waals surface area contributed by atoms with Gasteiger partial charge in [-0.1, -0.05) is 6.07 Å². The lowest BCUT2D eigenvalue weighted by molar-refractivity contribution is -0.139. The molecule has 0 fully saturated rings. The molecule has 6 heteroatoms. The number of halogens is 5. The topological polar surface area (TPSA) is 20.2 Å². The van der Waals surface area contributed by atoms with Crippen LogP contribution in [0.2, 0.25) is 0 Å². The monoisotopic (exact) mass is 274 g/mol. The van der Waals surface area contributed by atoms with E-state index in [1.807, 2.05) is 0 Å². The van der Waals surface area contributed by atoms with Gasteiger partial charge in [0.1, 0.15) is 17.4 Å². The number of hydrogen-bond acceptors (Lipinski definition) is 1. The van der Waals surface area contributed by atoms with E-state index in [-0.39, 0.29) is 11.1 Å². The van der Waals surface area contributed by atoms with Crippen LogP contribution in [0.25, 0.3) is 11.1 Å². The predicted octanol–water partition coefficient (Wildman–Crippen LogP) is 4.36. The third kappa shape index (κ3) is 2.67. The smallest absolute Gasteiger partial charge is 0.419 e. The van der Waals surface area contributed by atoms with Gasteiger partial charge < -0.3 is 5.11 Å². The quantitative estimate of drug-likeness (QED) is 0.766. The van der Waals surface area contributed by atoms with Crippen LogP contribution in [-0.4, -0.2) is 5.11 Å². The first kappa shape index (κ1) is 13.3. The molecule has 0 aliphatic carbocycles. The van der Waals surface area contributed by atoms with Crippen LogP contribution in [0.1, 0.15) is 5.56 Å². The van der Waals surface area contributed by atoms with Crippen molar-refractivity contribution in [3.63, 3.8) is 0 Å². The van der Waals surface area contributed by atoms with Crippen LogP contribution in [0.3, 0.4) is 0 Å². The predicted molar refractivity (Wildman–Crippen MR) is 58.5 cm³/mol. The molecule has 2 rings (SSSR count). The minimum absolute atomic E-state index is 0.0306. The van der Waals surface area contributed by atoms with E-state index in [9.17, 15) is 27.1 Å². The zero-order valence-corrected chi connectivity index (χ0v) is 9.30. The minimum atomic E-state index is -4.78. The first-order valence-corrected chi connectivity index (χ1v) is 5.14. The molecule has 0 spiro atoms. The first-order chi connectivity index (χ1) is 8.79. The lowest BCUT2D eigenvalue weighted by Gasteiger charge is -2.10. The molecule has 1 N–H and O–H groups in total. The SMILES string of the molecule is Oc1cc(F)ccc1-c1ccc(C(F)(F)F)c(F)c1. The summed E-state index contributed by atoms with van der Waals surface area (Å²) < 4.78 is 63.3. The van der Waals surface area contributed by atoms with Crippen LogP contribution < -0.4 is 0 Å². The molecule has 0 amide bonds. The van der Waals surface area contributed by atoms with E-state index in [1.165, 1.54) is 0 Å². The highest BCUT2D eigenvalue weighted by Crippen LogP contribution is 2.35. The number of benzene rings is 2. The van der Waals surface area contributed by atoms with E-state index >= 15 is 0 Å². The van der Waals surface area contributed by atoms with Crippen molar-refractivity contribution in [2.45, 2.75) is 6.18 Å². The van der Waals surface area contributed by atoms with Gasteiger partial charge in [-0.05, 0) is 29.8 Å². The van der Waals surface area contributed by atoms with Gasteiger partial charge in [-0.2, -0.15) is 13.2 Å². The van der Waals surface area contributed by atoms with E-state index in [1.54, 1.807) is 0 Å². The summed E-state index contributed by atoms with van der Waals surface area (Å²) >= 11 is 0. The Hall–Kier alpha value is -2.11. The summed E-state index contributed by atoms with van der Waals surface area (Å²) in [5.74, 6) is -2.62. The standard InChI is InChI=1S/C13H7F5O/c14-8-2-3-9(12(19)6-8)7-1-4-10(11(15)5-7)13(16,17)18/h1-6,19H. The molecule has 0 saturated carbocycles. The second-order valence-electron chi connectivity index (χ2n) is 3.85. The highest BCUT2D eigenvalue weighted by atomic mass is 19.4. The second kappa shape index (κ2) is 4.53. The third-order valence-corrected chi connectivity index (χ3v) is 2.55. The lowest BCUT2D eigenvalue weighted by Crippen LogP contribution is -2.07. The Morgan fingerprint density at radius 3 is 2.11 bits per heavy atom. The number of phenols is 1. The number of hydrogen-bond donors (Lipinski definition) is 1. The van der Waals surface area contributed by atoms with Crippen molar-refractivity contribution in [1.82, 2.24) is 0 Å². The molecular weight excluding hydrogens is 267 g/mol. The summed E-state index contributed by atoms with van der Waals surface area (Å²) in [5, 5.41) is 9.48. The van der Waals surface area contributed by atoms with Crippen molar-refractivity contribution >= 4 is 0 Å². The Morgan fingerprint density at radius 1 is 0.895 bits per heavy atom. The average molecular weight is 274 g/mol. The Balaban J connectivity index is 2.51. The van der Waals surface area contributed by atoms with Crippen LogP contribution in [0.4, 0.5) is 22.0 Å². The largest absolute Gasteiger partial charge is 0.507 e. The zero-order chi connectivity index (χ0) is 14.2. The van der Waals surface area contributed by atoms with Crippen LogP contribution in [-0.2, 0) is 6.18 Å². The zero-order valence-electron chi connectivity index (χ0n) is 9.30. The summed E-state index contributed by atoms with van der Waals surface area (Å²) in [6, 6.07) is 5.21. The van der Waals surface area contributed by atoms with Crippen molar-refractivity contribution in [3.05, 3.63) is 53.6 Å². The van der Waals surface area contributed by atoms with Gasteiger partial charge in [0.2, 0.25) is 0 Å². The van der Waals surface area contributed by atoms with E-state index in [0.29, 0.717) is 12.1 Å². The minimum Gasteiger partial charge on any atom is -0.507 e. The van der Waals surface area contributed by atoms with Crippen LogP contribution in [0.5, 0.6) is 5.75 Å². The molecule has 100 valence electrons. The summed E-state index contributed by atoms with van der Waals surface area (Å²) in [6.45, 7) is 0. The summed E-state index contributed by atoms with van der Waals surface area (Å²) in [5.41, 5.74) is -1.31. The van der Waals surface area contributed by atoms with Crippen LogP contribution >= 0.6 is 0 Å². The molecule has 0 bridgehead atoms. The maximum absolute atomic E-state index is 13.4. The van der Waals surface area contributed by atoms with Gasteiger partial charge in [0.15, 0.2) is 0 Å². The van der Waals surface area contributed by atoms with Gasteiger partial charge in [0.05, 0.1) is 5.56 Å². The van der Waals surface area contributed by atoms with Gasteiger partial charge in [0.25, 0.3) is 0 Å². The van der Waals surface area contributed by atoms with E-state index in [2.05, 4.69) is 0 Å². The van der Waals surface area contributed by atoms with Crippen LogP contribution in [0, 0.1) is 11.6 Å². The third-order valence-electron chi connectivity index (χ3n) is 2.55. The van der Waals surface area contributed by atoms with E-state index in [0.717, 1.165) is 24.3 Å². The highest BCUT2D eigenvalue weighted by molar-refractivity contribution is 5.70. The van der Waals surface area contributed by atoms with Gasteiger partial charge in [-0.3, -0.25) is 0 Å². The first-order valence-electron chi connectivity index (χ1n) is 5.14. The molecule has 0 saturated heterocycles. The molecule has 1 nitrogen and oxygen atoms in total. The molecule has 0 heterocycles. The molecule has 0 unspecified atom stereocenters. The molecule has 0 radical (unpaired) electrons. The fourth-order valence-electron chi connectivity index (χ4n) is 1.66. The lowest BCUT2D eigenvalue weighted by atomic mass is 10.0. The number of rotatable bonds is 1. The second-order valence-corrected chi connectivity index (χ2v) is 3.85. The maximum atomic E-state index is 13.4.